The van der Waals surface area contributed by atoms with Crippen LogP contribution in [0.5, 0.6) is 0 Å². The van der Waals surface area contributed by atoms with Crippen LogP contribution in [0.25, 0.3) is 73.0 Å². The highest BCUT2D eigenvalue weighted by Crippen LogP contribution is 2.41. The molecule has 55 heavy (non-hydrogen) atoms. The largest absolute Gasteiger partial charge is 0.310 e. The highest BCUT2D eigenvalue weighted by Gasteiger charge is 2.18. The molecule has 0 amide bonds. The molecule has 2 nitrogen and oxygen atoms in total. The molecule has 262 valence electrons. The van der Waals surface area contributed by atoms with E-state index in [4.69, 9.17) is 0 Å². The maximum absolute atomic E-state index is 4.13. The Bertz CT molecular complexity index is 2790. The molecule has 8 aromatic carbocycles. The summed E-state index contributed by atoms with van der Waals surface area (Å²) >= 11 is 0. The third-order valence-corrected chi connectivity index (χ3v) is 10.5. The Kier molecular flexibility index (Phi) is 8.99. The summed E-state index contributed by atoms with van der Waals surface area (Å²) in [7, 11) is 0. The van der Waals surface area contributed by atoms with E-state index >= 15 is 0 Å². The molecule has 0 spiro atoms. The van der Waals surface area contributed by atoms with Crippen LogP contribution in [0.3, 0.4) is 0 Å². The van der Waals surface area contributed by atoms with E-state index < -0.39 is 0 Å². The number of fused-ring (bicyclic) bond motifs is 3. The normalized spacial score (nSPS) is 11.4. The zero-order chi connectivity index (χ0) is 37.1. The second-order valence-corrected chi connectivity index (χ2v) is 13.8. The van der Waals surface area contributed by atoms with Gasteiger partial charge >= 0.3 is 0 Å². The van der Waals surface area contributed by atoms with Crippen molar-refractivity contribution >= 4 is 51.0 Å². The monoisotopic (exact) mass is 704 g/mol. The van der Waals surface area contributed by atoms with Crippen molar-refractivity contribution in [1.82, 2.24) is 4.57 Å². The number of hydrogen-bond acceptors (Lipinski definition) is 1. The van der Waals surface area contributed by atoms with E-state index in [1.807, 2.05) is 6.08 Å². The molecule has 0 saturated carbocycles. The van der Waals surface area contributed by atoms with Crippen molar-refractivity contribution in [3.63, 3.8) is 0 Å². The van der Waals surface area contributed by atoms with E-state index in [1.165, 1.54) is 49.6 Å². The number of anilines is 3. The highest BCUT2D eigenvalue weighted by molar-refractivity contribution is 6.10. The molecule has 1 heterocycles. The zero-order valence-electron chi connectivity index (χ0n) is 30.8. The first-order valence-corrected chi connectivity index (χ1v) is 18.8. The molecule has 9 rings (SSSR count). The molecule has 0 aliphatic heterocycles. The molecule has 1 aromatic heterocycles. The van der Waals surface area contributed by atoms with E-state index in [2.05, 4.69) is 229 Å². The van der Waals surface area contributed by atoms with Gasteiger partial charge in [0.25, 0.3) is 0 Å². The summed E-state index contributed by atoms with van der Waals surface area (Å²) in [4.78, 5) is 2.35. The molecular weight excluding hydrogens is 665 g/mol. The van der Waals surface area contributed by atoms with E-state index in [0.29, 0.717) is 0 Å². The van der Waals surface area contributed by atoms with E-state index in [1.54, 1.807) is 0 Å². The summed E-state index contributed by atoms with van der Waals surface area (Å²) in [6.45, 7) is 6.20. The quantitative estimate of drug-likeness (QED) is 0.145. The Hall–Kier alpha value is -7.16. The van der Waals surface area contributed by atoms with Crippen molar-refractivity contribution < 1.29 is 0 Å². The molecule has 0 N–H and O–H groups in total. The Morgan fingerprint density at radius 3 is 1.56 bits per heavy atom. The number of para-hydroxylation sites is 1. The van der Waals surface area contributed by atoms with Gasteiger partial charge in [0.1, 0.15) is 0 Å². The molecule has 0 bridgehead atoms. The van der Waals surface area contributed by atoms with Crippen LogP contribution in [0.2, 0.25) is 0 Å². The van der Waals surface area contributed by atoms with Crippen molar-refractivity contribution in [2.75, 3.05) is 4.90 Å². The Labute approximate surface area is 323 Å². The van der Waals surface area contributed by atoms with Crippen LogP contribution in [0.1, 0.15) is 18.1 Å². The van der Waals surface area contributed by atoms with Crippen molar-refractivity contribution in [2.45, 2.75) is 6.92 Å². The van der Waals surface area contributed by atoms with Crippen LogP contribution in [0.15, 0.2) is 207 Å². The van der Waals surface area contributed by atoms with Crippen LogP contribution in [-0.4, -0.2) is 4.57 Å². The molecule has 9 aromatic rings. The predicted molar refractivity (Wildman–Crippen MR) is 237 cm³/mol. The first-order valence-electron chi connectivity index (χ1n) is 18.8. The lowest BCUT2D eigenvalue weighted by Crippen LogP contribution is -2.12. The lowest BCUT2D eigenvalue weighted by molar-refractivity contribution is 1.18. The topological polar surface area (TPSA) is 8.17 Å². The van der Waals surface area contributed by atoms with Crippen LogP contribution in [-0.2, 0) is 0 Å². The first kappa shape index (κ1) is 33.7. The Morgan fingerprint density at radius 2 is 0.964 bits per heavy atom. The smallest absolute Gasteiger partial charge is 0.0547 e. The van der Waals surface area contributed by atoms with Crippen molar-refractivity contribution in [1.29, 1.82) is 0 Å². The van der Waals surface area contributed by atoms with Gasteiger partial charge in [-0.3, -0.25) is 0 Å². The number of hydrogen-bond donors (Lipinski definition) is 0. The molecule has 0 aliphatic rings. The Balaban J connectivity index is 1.13. The van der Waals surface area contributed by atoms with Gasteiger partial charge in [-0.1, -0.05) is 164 Å². The standard InChI is InChI=1S/C53H40N2/c1-3-14-48-38(4-2)19-13-22-51(48)54(45-30-23-41(24-31-45)39-15-7-5-8-16-39)46-32-27-43(28-33-46)44-29-36-50-49-20-11-12-21-52(49)55(53(50)37-44)47-34-25-42(26-35-47)40-17-9-6-10-18-40/h3-37H,2H2,1H3/b14-3-. The van der Waals surface area contributed by atoms with E-state index in [0.717, 1.165) is 39.4 Å². The van der Waals surface area contributed by atoms with Gasteiger partial charge in [-0.15, -0.1) is 0 Å². The average molecular weight is 705 g/mol. The average Bonchev–Trinajstić information content (AvgIpc) is 3.59. The van der Waals surface area contributed by atoms with Crippen molar-refractivity contribution in [3.8, 4) is 39.1 Å². The third-order valence-electron chi connectivity index (χ3n) is 10.5. The van der Waals surface area contributed by atoms with Gasteiger partial charge in [-0.25, -0.2) is 0 Å². The predicted octanol–water partition coefficient (Wildman–Crippen LogP) is 14.9. The van der Waals surface area contributed by atoms with Gasteiger partial charge in [-0.05, 0) is 100 Å². The summed E-state index contributed by atoms with van der Waals surface area (Å²) in [5.74, 6) is 0. The fraction of sp³-hybridized carbons (Fsp3) is 0.0189. The minimum Gasteiger partial charge on any atom is -0.310 e. The van der Waals surface area contributed by atoms with E-state index in [-0.39, 0.29) is 0 Å². The summed E-state index contributed by atoms with van der Waals surface area (Å²) < 4.78 is 2.40. The highest BCUT2D eigenvalue weighted by atomic mass is 15.1. The second kappa shape index (κ2) is 14.7. The van der Waals surface area contributed by atoms with Crippen molar-refractivity contribution in [2.24, 2.45) is 0 Å². The molecule has 0 radical (unpaired) electrons. The minimum absolute atomic E-state index is 1.08. The third kappa shape index (κ3) is 6.34. The van der Waals surface area contributed by atoms with E-state index in [9.17, 15) is 0 Å². The lowest BCUT2D eigenvalue weighted by Gasteiger charge is -2.28. The van der Waals surface area contributed by atoms with Crippen LogP contribution in [0.4, 0.5) is 17.1 Å². The molecule has 2 heteroatoms. The first-order chi connectivity index (χ1) is 27.2. The number of allylic oxidation sites excluding steroid dienone is 1. The molecule has 0 aliphatic carbocycles. The maximum atomic E-state index is 4.13. The van der Waals surface area contributed by atoms with Crippen LogP contribution >= 0.6 is 0 Å². The molecule has 0 fully saturated rings. The molecule has 0 saturated heterocycles. The van der Waals surface area contributed by atoms with Gasteiger partial charge in [0, 0.05) is 33.4 Å². The fourth-order valence-corrected chi connectivity index (χ4v) is 7.82. The minimum atomic E-state index is 1.08. The SMILES string of the molecule is C=Cc1cccc(N(c2ccc(-c3ccccc3)cc2)c2ccc(-c3ccc4c5ccccc5n(-c5ccc(-c6ccccc6)cc5)c4c3)cc2)c1/C=C\C. The molecular formula is C53H40N2. The van der Waals surface area contributed by atoms with Gasteiger partial charge in [0.2, 0.25) is 0 Å². The van der Waals surface area contributed by atoms with Crippen LogP contribution in [0, 0.1) is 0 Å². The zero-order valence-corrected chi connectivity index (χ0v) is 30.8. The lowest BCUT2D eigenvalue weighted by atomic mass is 10.00. The van der Waals surface area contributed by atoms with Gasteiger partial charge in [0.05, 0.1) is 16.7 Å². The number of nitrogens with zero attached hydrogens (tertiary/aromatic N) is 2. The van der Waals surface area contributed by atoms with Crippen molar-refractivity contribution in [3.05, 3.63) is 218 Å². The summed E-state index contributed by atoms with van der Waals surface area (Å²) in [5.41, 5.74) is 16.2. The molecule has 0 atom stereocenters. The fourth-order valence-electron chi connectivity index (χ4n) is 7.82. The summed E-state index contributed by atoms with van der Waals surface area (Å²) in [6.07, 6.45) is 6.21. The van der Waals surface area contributed by atoms with Crippen LogP contribution < -0.4 is 4.90 Å². The maximum Gasteiger partial charge on any atom is 0.0547 e. The summed E-state index contributed by atoms with van der Waals surface area (Å²) in [6, 6.07) is 69.9. The number of rotatable bonds is 9. The number of benzene rings is 8. The molecule has 0 unspecified atom stereocenters. The second-order valence-electron chi connectivity index (χ2n) is 13.8. The van der Waals surface area contributed by atoms with Gasteiger partial charge in [-0.2, -0.15) is 0 Å². The summed E-state index contributed by atoms with van der Waals surface area (Å²) in [5, 5.41) is 2.49. The van der Waals surface area contributed by atoms with Gasteiger partial charge in [0.15, 0.2) is 0 Å². The number of aromatic nitrogens is 1. The Morgan fingerprint density at radius 1 is 0.455 bits per heavy atom. The van der Waals surface area contributed by atoms with Gasteiger partial charge < -0.3 is 9.47 Å².